The molecule has 0 aromatic carbocycles. The highest BCUT2D eigenvalue weighted by Gasteiger charge is 2.59. The van der Waals surface area contributed by atoms with E-state index >= 15 is 0 Å². The molecule has 2 aliphatic heterocycles. The van der Waals surface area contributed by atoms with Crippen molar-refractivity contribution in [2.24, 2.45) is 22.0 Å². The summed E-state index contributed by atoms with van der Waals surface area (Å²) in [7, 11) is 0. The van der Waals surface area contributed by atoms with Gasteiger partial charge in [0.15, 0.2) is 11.6 Å². The molecule has 0 amide bonds. The van der Waals surface area contributed by atoms with Crippen molar-refractivity contribution in [1.82, 2.24) is 10.9 Å². The summed E-state index contributed by atoms with van der Waals surface area (Å²) in [5, 5.41) is 8.16. The normalized spacial score (nSPS) is 35.1. The lowest BCUT2D eigenvalue weighted by molar-refractivity contribution is -0.122. The Morgan fingerprint density at radius 3 is 1.50 bits per heavy atom. The first-order valence-corrected chi connectivity index (χ1v) is 6.03. The van der Waals surface area contributed by atoms with Gasteiger partial charge in [-0.15, -0.1) is 0 Å². The predicted octanol–water partition coefficient (Wildman–Crippen LogP) is -0.154. The maximum atomic E-state index is 12.5. The molecular formula is C12H16N4O2. The number of Topliss-reactive ketones (excluding diaryl/α,β-unsaturated/α-hetero) is 2. The Balaban J connectivity index is 2.12. The van der Waals surface area contributed by atoms with Gasteiger partial charge in [-0.25, -0.2) is 0 Å². The third-order valence-corrected chi connectivity index (χ3v) is 3.95. The van der Waals surface area contributed by atoms with Gasteiger partial charge in [-0.1, -0.05) is 0 Å². The second-order valence-corrected chi connectivity index (χ2v) is 6.26. The first-order chi connectivity index (χ1) is 8.26. The van der Waals surface area contributed by atoms with E-state index in [1.54, 1.807) is 0 Å². The molecule has 0 unspecified atom stereocenters. The minimum atomic E-state index is -0.525. The minimum absolute atomic E-state index is 0.0913. The summed E-state index contributed by atoms with van der Waals surface area (Å²) in [5.41, 5.74) is 5.43. The number of nitrogens with one attached hydrogen (secondary N) is 2. The summed E-state index contributed by atoms with van der Waals surface area (Å²) in [6.45, 7) is 7.48. The Hall–Kier alpha value is -1.72. The van der Waals surface area contributed by atoms with Crippen molar-refractivity contribution < 1.29 is 9.59 Å². The molecule has 6 heteroatoms. The van der Waals surface area contributed by atoms with E-state index < -0.39 is 22.9 Å². The molecule has 3 rings (SSSR count). The van der Waals surface area contributed by atoms with Crippen LogP contribution < -0.4 is 10.9 Å². The van der Waals surface area contributed by atoms with Gasteiger partial charge in [-0.2, -0.15) is 10.2 Å². The average Bonchev–Trinajstić information content (AvgIpc) is 2.73. The maximum absolute atomic E-state index is 12.5. The van der Waals surface area contributed by atoms with E-state index in [1.807, 2.05) is 27.7 Å². The van der Waals surface area contributed by atoms with Gasteiger partial charge < -0.3 is 10.9 Å². The van der Waals surface area contributed by atoms with Crippen molar-refractivity contribution in [3.05, 3.63) is 0 Å². The Bertz CT molecular complexity index is 482. The van der Waals surface area contributed by atoms with E-state index in [2.05, 4.69) is 21.1 Å². The van der Waals surface area contributed by atoms with Gasteiger partial charge in [0.2, 0.25) is 0 Å². The largest absolute Gasteiger partial charge is 0.303 e. The summed E-state index contributed by atoms with van der Waals surface area (Å²) in [6.07, 6.45) is 0. The lowest BCUT2D eigenvalue weighted by Crippen LogP contribution is -2.58. The van der Waals surface area contributed by atoms with Gasteiger partial charge in [0.25, 0.3) is 0 Å². The minimum Gasteiger partial charge on any atom is -0.303 e. The number of ketones is 2. The highest BCUT2D eigenvalue weighted by molar-refractivity contribution is 6.64. The molecule has 2 atom stereocenters. The van der Waals surface area contributed by atoms with Crippen molar-refractivity contribution in [1.29, 1.82) is 0 Å². The molecule has 0 radical (unpaired) electrons. The van der Waals surface area contributed by atoms with Crippen LogP contribution in [0.3, 0.4) is 0 Å². The van der Waals surface area contributed by atoms with Crippen molar-refractivity contribution in [2.45, 2.75) is 38.8 Å². The number of carbonyl (C=O) groups is 2. The maximum Gasteiger partial charge on any atom is 0.191 e. The van der Waals surface area contributed by atoms with E-state index in [1.165, 1.54) is 0 Å². The molecular weight excluding hydrogens is 232 g/mol. The number of hydrazone groups is 2. The van der Waals surface area contributed by atoms with E-state index in [4.69, 9.17) is 0 Å². The van der Waals surface area contributed by atoms with E-state index in [0.717, 1.165) is 0 Å². The topological polar surface area (TPSA) is 82.9 Å². The van der Waals surface area contributed by atoms with Crippen LogP contribution in [0.15, 0.2) is 10.2 Å². The van der Waals surface area contributed by atoms with Gasteiger partial charge in [0.05, 0.1) is 22.9 Å². The van der Waals surface area contributed by atoms with Crippen LogP contribution in [0.2, 0.25) is 0 Å². The fourth-order valence-electron chi connectivity index (χ4n) is 2.94. The summed E-state index contributed by atoms with van der Waals surface area (Å²) < 4.78 is 0. The highest BCUT2D eigenvalue weighted by atomic mass is 16.1. The molecule has 2 N–H and O–H groups in total. The molecule has 0 saturated heterocycles. The van der Waals surface area contributed by atoms with Crippen LogP contribution in [0.25, 0.3) is 0 Å². The van der Waals surface area contributed by atoms with Crippen molar-refractivity contribution in [3.63, 3.8) is 0 Å². The smallest absolute Gasteiger partial charge is 0.191 e. The molecule has 0 bridgehead atoms. The Kier molecular flexibility index (Phi) is 1.89. The number of nitrogens with zero attached hydrogens (tertiary/aromatic N) is 2. The molecule has 0 aromatic rings. The second-order valence-electron chi connectivity index (χ2n) is 6.26. The van der Waals surface area contributed by atoms with Crippen LogP contribution >= 0.6 is 0 Å². The number of hydrogen-bond donors (Lipinski definition) is 2. The number of rotatable bonds is 0. The second kappa shape index (κ2) is 2.99. The van der Waals surface area contributed by atoms with E-state index in [9.17, 15) is 9.59 Å². The van der Waals surface area contributed by atoms with Crippen LogP contribution in [0.5, 0.6) is 0 Å². The standard InChI is InChI=1S/C12H16N4O2/c1-11(2)5-7(13-15-11)10(18)6-8(9(5)17)14-16-12(6,3)4/h5-6,15-16H,1-4H3/t5-,6+. The first-order valence-electron chi connectivity index (χ1n) is 6.03. The molecule has 1 fully saturated rings. The van der Waals surface area contributed by atoms with E-state index in [0.29, 0.717) is 11.4 Å². The molecule has 2 heterocycles. The lowest BCUT2D eigenvalue weighted by atomic mass is 9.66. The molecule has 0 aromatic heterocycles. The first kappa shape index (κ1) is 11.4. The molecule has 0 spiro atoms. The van der Waals surface area contributed by atoms with E-state index in [-0.39, 0.29) is 11.6 Å². The van der Waals surface area contributed by atoms with Crippen molar-refractivity contribution in [3.8, 4) is 0 Å². The number of hydrogen-bond acceptors (Lipinski definition) is 6. The molecule has 6 nitrogen and oxygen atoms in total. The molecule has 3 aliphatic rings. The number of carbonyl (C=O) groups excluding carboxylic acids is 2. The van der Waals surface area contributed by atoms with Crippen LogP contribution in [0.4, 0.5) is 0 Å². The van der Waals surface area contributed by atoms with Crippen LogP contribution in [-0.2, 0) is 9.59 Å². The zero-order valence-electron chi connectivity index (χ0n) is 10.9. The zero-order chi connectivity index (χ0) is 13.3. The van der Waals surface area contributed by atoms with Crippen LogP contribution in [0, 0.1) is 11.8 Å². The Morgan fingerprint density at radius 1 is 0.833 bits per heavy atom. The van der Waals surface area contributed by atoms with Gasteiger partial charge in [-0.05, 0) is 27.7 Å². The van der Waals surface area contributed by atoms with Gasteiger partial charge >= 0.3 is 0 Å². The third-order valence-electron chi connectivity index (χ3n) is 3.95. The molecule has 96 valence electrons. The summed E-state index contributed by atoms with van der Waals surface area (Å²) in [6, 6.07) is 0. The predicted molar refractivity (Wildman–Crippen MR) is 66.3 cm³/mol. The van der Waals surface area contributed by atoms with Gasteiger partial charge in [0.1, 0.15) is 11.4 Å². The Labute approximate surface area is 105 Å². The quantitative estimate of drug-likeness (QED) is 0.624. The van der Waals surface area contributed by atoms with Crippen molar-refractivity contribution >= 4 is 23.0 Å². The zero-order valence-corrected chi connectivity index (χ0v) is 10.9. The lowest BCUT2D eigenvalue weighted by Gasteiger charge is -2.33. The fourth-order valence-corrected chi connectivity index (χ4v) is 2.94. The van der Waals surface area contributed by atoms with Gasteiger partial charge in [-0.3, -0.25) is 9.59 Å². The summed E-state index contributed by atoms with van der Waals surface area (Å²) in [4.78, 5) is 25.0. The molecule has 1 saturated carbocycles. The SMILES string of the molecule is CC1(C)NN=C2C(=O)[C@H]3C(=NNC3(C)C)C(=O)[C@H]21. The average molecular weight is 248 g/mol. The number of fused-ring (bicyclic) bond motifs is 2. The summed E-state index contributed by atoms with van der Waals surface area (Å²) >= 11 is 0. The third kappa shape index (κ3) is 1.18. The van der Waals surface area contributed by atoms with Crippen molar-refractivity contribution in [2.75, 3.05) is 0 Å². The van der Waals surface area contributed by atoms with Crippen LogP contribution in [0.1, 0.15) is 27.7 Å². The molecule has 18 heavy (non-hydrogen) atoms. The monoisotopic (exact) mass is 248 g/mol. The highest BCUT2D eigenvalue weighted by Crippen LogP contribution is 2.37. The van der Waals surface area contributed by atoms with Crippen LogP contribution in [-0.4, -0.2) is 34.1 Å². The fraction of sp³-hybridized carbons (Fsp3) is 0.667. The summed E-state index contributed by atoms with van der Waals surface area (Å²) in [5.74, 6) is -1.22. The Morgan fingerprint density at radius 2 is 1.17 bits per heavy atom. The molecule has 1 aliphatic carbocycles. The van der Waals surface area contributed by atoms with Gasteiger partial charge in [0, 0.05) is 0 Å².